The maximum absolute atomic E-state index is 12.0. The molecule has 32 heavy (non-hydrogen) atoms. The summed E-state index contributed by atoms with van der Waals surface area (Å²) in [5.41, 5.74) is 0.702. The number of halogens is 1. The second-order valence-corrected chi connectivity index (χ2v) is 8.61. The smallest absolute Gasteiger partial charge is 0.407 e. The number of carbonyl (C=O) groups is 1. The van der Waals surface area contributed by atoms with E-state index in [0.717, 1.165) is 62.9 Å². The van der Waals surface area contributed by atoms with Crippen molar-refractivity contribution in [3.63, 3.8) is 0 Å². The molecule has 2 N–H and O–H groups in total. The quantitative estimate of drug-likeness (QED) is 0.217. The van der Waals surface area contributed by atoms with E-state index in [9.17, 15) is 4.79 Å². The Morgan fingerprint density at radius 3 is 2.56 bits per heavy atom. The molecule has 0 radical (unpaired) electrons. The molecule has 1 atom stereocenters. The molecule has 1 aliphatic heterocycles. The molecule has 1 amide bonds. The number of hydrogen-bond donors (Lipinski definition) is 2. The van der Waals surface area contributed by atoms with E-state index in [0.29, 0.717) is 0 Å². The standard InChI is InChI=1S/C23H38N4O4.HI/c1-7-24-21(27-14-12-18(16-27)26-22(28)31-23(2,3)4)25-13-8-9-17-10-11-19(29-5)20(15-17)30-6;/h10-11,15,18H,7-9,12-14,16H2,1-6H3,(H,24,25)(H,26,28);1H. The predicted molar refractivity (Wildman–Crippen MR) is 139 cm³/mol. The van der Waals surface area contributed by atoms with E-state index in [4.69, 9.17) is 19.2 Å². The van der Waals surface area contributed by atoms with E-state index in [1.807, 2.05) is 32.9 Å². The third-order valence-electron chi connectivity index (χ3n) is 4.88. The summed E-state index contributed by atoms with van der Waals surface area (Å²) in [5, 5.41) is 6.33. The van der Waals surface area contributed by atoms with Crippen LogP contribution in [-0.2, 0) is 11.2 Å². The number of ether oxygens (including phenoxy) is 3. The zero-order valence-electron chi connectivity index (χ0n) is 20.2. The van der Waals surface area contributed by atoms with Crippen LogP contribution in [0.15, 0.2) is 23.2 Å². The van der Waals surface area contributed by atoms with Crippen LogP contribution < -0.4 is 20.1 Å². The molecule has 0 saturated carbocycles. The summed E-state index contributed by atoms with van der Waals surface area (Å²) >= 11 is 0. The van der Waals surface area contributed by atoms with Crippen LogP contribution in [0.25, 0.3) is 0 Å². The first-order valence-electron chi connectivity index (χ1n) is 11.0. The van der Waals surface area contributed by atoms with Crippen LogP contribution in [0.4, 0.5) is 4.79 Å². The van der Waals surface area contributed by atoms with Gasteiger partial charge in [-0.2, -0.15) is 0 Å². The number of likely N-dealkylation sites (tertiary alicyclic amines) is 1. The van der Waals surface area contributed by atoms with Gasteiger partial charge in [-0.3, -0.25) is 4.99 Å². The Bertz CT molecular complexity index is 752. The monoisotopic (exact) mass is 562 g/mol. The van der Waals surface area contributed by atoms with Crippen molar-refractivity contribution in [1.82, 2.24) is 15.5 Å². The van der Waals surface area contributed by atoms with Gasteiger partial charge in [-0.15, -0.1) is 24.0 Å². The van der Waals surface area contributed by atoms with Crippen molar-refractivity contribution in [3.8, 4) is 11.5 Å². The van der Waals surface area contributed by atoms with Crippen molar-refractivity contribution >= 4 is 36.0 Å². The lowest BCUT2D eigenvalue weighted by Gasteiger charge is -2.23. The maximum atomic E-state index is 12.0. The molecule has 182 valence electrons. The van der Waals surface area contributed by atoms with Gasteiger partial charge in [0.05, 0.1) is 20.3 Å². The SMILES string of the molecule is CCNC(=NCCCc1ccc(OC)c(OC)c1)N1CCC(NC(=O)OC(C)(C)C)C1.I. The van der Waals surface area contributed by atoms with Gasteiger partial charge in [-0.1, -0.05) is 6.07 Å². The Labute approximate surface area is 209 Å². The van der Waals surface area contributed by atoms with E-state index in [1.165, 1.54) is 5.56 Å². The summed E-state index contributed by atoms with van der Waals surface area (Å²) in [4.78, 5) is 19.0. The topological polar surface area (TPSA) is 84.4 Å². The molecule has 0 spiro atoms. The molecule has 2 rings (SSSR count). The van der Waals surface area contributed by atoms with Crippen molar-refractivity contribution in [2.24, 2.45) is 4.99 Å². The molecule has 1 fully saturated rings. The number of nitrogens with zero attached hydrogens (tertiary/aromatic N) is 2. The van der Waals surface area contributed by atoms with Gasteiger partial charge >= 0.3 is 6.09 Å². The van der Waals surface area contributed by atoms with Gasteiger partial charge in [-0.05, 0) is 64.7 Å². The van der Waals surface area contributed by atoms with Crippen molar-refractivity contribution in [1.29, 1.82) is 0 Å². The van der Waals surface area contributed by atoms with Crippen LogP contribution in [0.5, 0.6) is 11.5 Å². The molecular weight excluding hydrogens is 523 g/mol. The minimum absolute atomic E-state index is 0. The number of hydrogen-bond acceptors (Lipinski definition) is 5. The first-order chi connectivity index (χ1) is 14.8. The molecule has 0 aromatic heterocycles. The van der Waals surface area contributed by atoms with E-state index in [1.54, 1.807) is 14.2 Å². The number of guanidine groups is 1. The Hall–Kier alpha value is -1.91. The molecule has 1 aromatic rings. The van der Waals surface area contributed by atoms with Gasteiger partial charge in [0, 0.05) is 26.2 Å². The molecule has 1 heterocycles. The normalized spacial score (nSPS) is 16.2. The second kappa shape index (κ2) is 13.6. The molecule has 1 saturated heterocycles. The molecule has 1 unspecified atom stereocenters. The molecule has 1 aliphatic rings. The summed E-state index contributed by atoms with van der Waals surface area (Å²) in [7, 11) is 3.29. The highest BCUT2D eigenvalue weighted by atomic mass is 127. The minimum atomic E-state index is -0.493. The van der Waals surface area contributed by atoms with Crippen LogP contribution in [0.1, 0.15) is 46.1 Å². The molecule has 1 aromatic carbocycles. The highest BCUT2D eigenvalue weighted by Crippen LogP contribution is 2.27. The van der Waals surface area contributed by atoms with Crippen LogP contribution in [0, 0.1) is 0 Å². The summed E-state index contributed by atoms with van der Waals surface area (Å²) in [6, 6.07) is 6.07. The number of carbonyl (C=O) groups excluding carboxylic acids is 1. The average molecular weight is 562 g/mol. The number of aliphatic imine (C=N–C) groups is 1. The summed E-state index contributed by atoms with van der Waals surface area (Å²) in [5.74, 6) is 2.38. The van der Waals surface area contributed by atoms with Crippen molar-refractivity contribution < 1.29 is 19.0 Å². The van der Waals surface area contributed by atoms with Crippen LogP contribution >= 0.6 is 24.0 Å². The van der Waals surface area contributed by atoms with E-state index < -0.39 is 5.60 Å². The first kappa shape index (κ1) is 28.1. The van der Waals surface area contributed by atoms with Crippen LogP contribution in [-0.4, -0.2) is 69.0 Å². The predicted octanol–water partition coefficient (Wildman–Crippen LogP) is 3.82. The fraction of sp³-hybridized carbons (Fsp3) is 0.652. The van der Waals surface area contributed by atoms with Gasteiger partial charge in [0.2, 0.25) is 0 Å². The number of benzene rings is 1. The number of rotatable bonds is 8. The van der Waals surface area contributed by atoms with Gasteiger partial charge in [0.15, 0.2) is 17.5 Å². The molecule has 8 nitrogen and oxygen atoms in total. The maximum Gasteiger partial charge on any atom is 0.407 e. The molecule has 0 aliphatic carbocycles. The van der Waals surface area contributed by atoms with Gasteiger partial charge in [0.1, 0.15) is 5.60 Å². The number of methoxy groups -OCH3 is 2. The Kier molecular flexibility index (Phi) is 11.9. The lowest BCUT2D eigenvalue weighted by Crippen LogP contribution is -2.44. The van der Waals surface area contributed by atoms with Gasteiger partial charge in [-0.25, -0.2) is 4.79 Å². The highest BCUT2D eigenvalue weighted by molar-refractivity contribution is 14.0. The fourth-order valence-electron chi connectivity index (χ4n) is 3.47. The van der Waals surface area contributed by atoms with Crippen LogP contribution in [0.2, 0.25) is 0 Å². The van der Waals surface area contributed by atoms with E-state index in [2.05, 4.69) is 28.5 Å². The fourth-order valence-corrected chi connectivity index (χ4v) is 3.47. The van der Waals surface area contributed by atoms with E-state index in [-0.39, 0.29) is 36.1 Å². The van der Waals surface area contributed by atoms with Crippen molar-refractivity contribution in [3.05, 3.63) is 23.8 Å². The minimum Gasteiger partial charge on any atom is -0.493 e. The number of amides is 1. The number of nitrogens with one attached hydrogen (secondary N) is 2. The summed E-state index contributed by atoms with van der Waals surface area (Å²) in [6.07, 6.45) is 2.34. The average Bonchev–Trinajstić information content (AvgIpc) is 3.16. The second-order valence-electron chi connectivity index (χ2n) is 8.61. The lowest BCUT2D eigenvalue weighted by atomic mass is 10.1. The molecule has 0 bridgehead atoms. The van der Waals surface area contributed by atoms with Crippen LogP contribution in [0.3, 0.4) is 0 Å². The third-order valence-corrected chi connectivity index (χ3v) is 4.88. The van der Waals surface area contributed by atoms with E-state index >= 15 is 0 Å². The van der Waals surface area contributed by atoms with Crippen molar-refractivity contribution in [2.45, 2.75) is 58.6 Å². The summed E-state index contributed by atoms with van der Waals surface area (Å²) < 4.78 is 16.0. The largest absolute Gasteiger partial charge is 0.493 e. The Morgan fingerprint density at radius 1 is 1.22 bits per heavy atom. The first-order valence-corrected chi connectivity index (χ1v) is 11.0. The van der Waals surface area contributed by atoms with Crippen molar-refractivity contribution in [2.75, 3.05) is 40.4 Å². The number of aryl methyl sites for hydroxylation is 1. The Morgan fingerprint density at radius 2 is 1.94 bits per heavy atom. The third kappa shape index (κ3) is 9.30. The molecule has 9 heteroatoms. The zero-order valence-corrected chi connectivity index (χ0v) is 22.5. The zero-order chi connectivity index (χ0) is 22.9. The Balaban J connectivity index is 0.00000512. The summed E-state index contributed by atoms with van der Waals surface area (Å²) in [6.45, 7) is 10.8. The van der Waals surface area contributed by atoms with Gasteiger partial charge < -0.3 is 29.7 Å². The lowest BCUT2D eigenvalue weighted by molar-refractivity contribution is 0.0507. The highest BCUT2D eigenvalue weighted by Gasteiger charge is 2.27. The van der Waals surface area contributed by atoms with Gasteiger partial charge in [0.25, 0.3) is 0 Å². The number of alkyl carbamates (subject to hydrolysis) is 1. The molecular formula is C23H39IN4O4.